The van der Waals surface area contributed by atoms with Crippen LogP contribution >= 0.6 is 11.6 Å². The Morgan fingerprint density at radius 1 is 1.18 bits per heavy atom. The Balaban J connectivity index is 2.50. The van der Waals surface area contributed by atoms with E-state index in [0.717, 1.165) is 0 Å². The molecule has 0 saturated carbocycles. The predicted molar refractivity (Wildman–Crippen MR) is 68.3 cm³/mol. The smallest absolute Gasteiger partial charge is 0.222 e. The number of rotatable bonds is 5. The lowest BCUT2D eigenvalue weighted by Crippen LogP contribution is -2.26. The van der Waals surface area contributed by atoms with Gasteiger partial charge >= 0.3 is 0 Å². The van der Waals surface area contributed by atoms with Crippen molar-refractivity contribution in [1.82, 2.24) is 4.90 Å². The van der Waals surface area contributed by atoms with Crippen LogP contribution < -0.4 is 0 Å². The lowest BCUT2D eigenvalue weighted by molar-refractivity contribution is -0.129. The number of carbonyl (C=O) groups excluding carboxylic acids is 2. The van der Waals surface area contributed by atoms with Crippen LogP contribution in [0.5, 0.6) is 0 Å². The quantitative estimate of drug-likeness (QED) is 0.757. The van der Waals surface area contributed by atoms with E-state index in [1.54, 1.807) is 36.2 Å². The zero-order valence-electron chi connectivity index (χ0n) is 10.1. The summed E-state index contributed by atoms with van der Waals surface area (Å²) < 4.78 is 0. The van der Waals surface area contributed by atoms with Crippen molar-refractivity contribution in [3.63, 3.8) is 0 Å². The molecule has 0 radical (unpaired) electrons. The molecule has 0 atom stereocenters. The van der Waals surface area contributed by atoms with Crippen molar-refractivity contribution in [3.8, 4) is 0 Å². The van der Waals surface area contributed by atoms with Gasteiger partial charge in [-0.25, -0.2) is 0 Å². The highest BCUT2D eigenvalue weighted by Gasteiger charge is 2.11. The van der Waals surface area contributed by atoms with Crippen LogP contribution in [0.2, 0.25) is 5.02 Å². The SMILES string of the molecule is CCN(C)C(=O)CCC(=O)c1ccc(Cl)cc1. The van der Waals surface area contributed by atoms with Gasteiger partial charge in [0, 0.05) is 37.0 Å². The van der Waals surface area contributed by atoms with Gasteiger partial charge in [-0.05, 0) is 31.2 Å². The van der Waals surface area contributed by atoms with Gasteiger partial charge < -0.3 is 4.90 Å². The number of nitrogens with zero attached hydrogens (tertiary/aromatic N) is 1. The Labute approximate surface area is 106 Å². The predicted octanol–water partition coefficient (Wildman–Crippen LogP) is 2.78. The van der Waals surface area contributed by atoms with Crippen molar-refractivity contribution in [3.05, 3.63) is 34.9 Å². The zero-order valence-corrected chi connectivity index (χ0v) is 10.8. The van der Waals surface area contributed by atoms with E-state index in [4.69, 9.17) is 11.6 Å². The maximum absolute atomic E-state index is 11.8. The molecule has 1 amide bonds. The normalized spacial score (nSPS) is 10.1. The molecular formula is C13H16ClNO2. The number of carbonyl (C=O) groups is 2. The average Bonchev–Trinajstić information content (AvgIpc) is 2.35. The van der Waals surface area contributed by atoms with E-state index in [2.05, 4.69) is 0 Å². The summed E-state index contributed by atoms with van der Waals surface area (Å²) in [7, 11) is 1.73. The molecule has 0 spiro atoms. The molecule has 0 aromatic heterocycles. The summed E-state index contributed by atoms with van der Waals surface area (Å²) in [5.74, 6) is -0.0330. The largest absolute Gasteiger partial charge is 0.346 e. The molecule has 0 N–H and O–H groups in total. The molecule has 0 saturated heterocycles. The first-order valence-electron chi connectivity index (χ1n) is 5.57. The molecular weight excluding hydrogens is 238 g/mol. The fourth-order valence-corrected chi connectivity index (χ4v) is 1.49. The van der Waals surface area contributed by atoms with E-state index >= 15 is 0 Å². The zero-order chi connectivity index (χ0) is 12.8. The van der Waals surface area contributed by atoms with Gasteiger partial charge in [-0.15, -0.1) is 0 Å². The monoisotopic (exact) mass is 253 g/mol. The topological polar surface area (TPSA) is 37.4 Å². The highest BCUT2D eigenvalue weighted by atomic mass is 35.5. The van der Waals surface area contributed by atoms with Crippen LogP contribution in [0.4, 0.5) is 0 Å². The summed E-state index contributed by atoms with van der Waals surface area (Å²) in [6.45, 7) is 2.56. The van der Waals surface area contributed by atoms with Gasteiger partial charge in [-0.2, -0.15) is 0 Å². The molecule has 0 aliphatic heterocycles. The van der Waals surface area contributed by atoms with Crippen molar-refractivity contribution in [2.75, 3.05) is 13.6 Å². The minimum Gasteiger partial charge on any atom is -0.346 e. The van der Waals surface area contributed by atoms with Crippen LogP contribution in [0.15, 0.2) is 24.3 Å². The molecule has 17 heavy (non-hydrogen) atoms. The Morgan fingerprint density at radius 3 is 2.29 bits per heavy atom. The van der Waals surface area contributed by atoms with Crippen LogP contribution in [-0.4, -0.2) is 30.2 Å². The highest BCUT2D eigenvalue weighted by molar-refractivity contribution is 6.30. The lowest BCUT2D eigenvalue weighted by Gasteiger charge is -2.13. The maximum atomic E-state index is 11.8. The van der Waals surface area contributed by atoms with E-state index < -0.39 is 0 Å². The second-order valence-corrected chi connectivity index (χ2v) is 4.27. The van der Waals surface area contributed by atoms with Crippen LogP contribution in [0.1, 0.15) is 30.1 Å². The Morgan fingerprint density at radius 2 is 1.76 bits per heavy atom. The second kappa shape index (κ2) is 6.40. The van der Waals surface area contributed by atoms with E-state index in [0.29, 0.717) is 17.1 Å². The van der Waals surface area contributed by atoms with Gasteiger partial charge in [-0.1, -0.05) is 11.6 Å². The first-order chi connectivity index (χ1) is 8.04. The molecule has 0 unspecified atom stereocenters. The van der Waals surface area contributed by atoms with E-state index in [-0.39, 0.29) is 24.5 Å². The number of halogens is 1. The molecule has 1 aromatic rings. The number of ketones is 1. The third-order valence-corrected chi connectivity index (χ3v) is 2.88. The molecule has 0 fully saturated rings. The Hall–Kier alpha value is -1.35. The van der Waals surface area contributed by atoms with Crippen molar-refractivity contribution >= 4 is 23.3 Å². The molecule has 92 valence electrons. The minimum absolute atomic E-state index is 0.00480. The van der Waals surface area contributed by atoms with Crippen molar-refractivity contribution < 1.29 is 9.59 Å². The summed E-state index contributed by atoms with van der Waals surface area (Å²) in [6, 6.07) is 6.71. The van der Waals surface area contributed by atoms with Gasteiger partial charge in [-0.3, -0.25) is 9.59 Å². The second-order valence-electron chi connectivity index (χ2n) is 3.84. The maximum Gasteiger partial charge on any atom is 0.222 e. The van der Waals surface area contributed by atoms with Gasteiger partial charge in [0.25, 0.3) is 0 Å². The Kier molecular flexibility index (Phi) is 5.16. The van der Waals surface area contributed by atoms with Crippen LogP contribution in [0, 0.1) is 0 Å². The Bertz CT molecular complexity index is 400. The molecule has 3 nitrogen and oxygen atoms in total. The summed E-state index contributed by atoms with van der Waals surface area (Å²) in [4.78, 5) is 24.9. The number of Topliss-reactive ketones (excluding diaryl/α,β-unsaturated/α-hetero) is 1. The van der Waals surface area contributed by atoms with E-state index in [1.165, 1.54) is 0 Å². The fraction of sp³-hybridized carbons (Fsp3) is 0.385. The molecule has 4 heteroatoms. The van der Waals surface area contributed by atoms with Crippen LogP contribution in [-0.2, 0) is 4.79 Å². The average molecular weight is 254 g/mol. The van der Waals surface area contributed by atoms with Gasteiger partial charge in [0.2, 0.25) is 5.91 Å². The van der Waals surface area contributed by atoms with Crippen LogP contribution in [0.25, 0.3) is 0 Å². The van der Waals surface area contributed by atoms with Gasteiger partial charge in [0.05, 0.1) is 0 Å². The number of benzene rings is 1. The van der Waals surface area contributed by atoms with E-state index in [9.17, 15) is 9.59 Å². The third kappa shape index (κ3) is 4.19. The van der Waals surface area contributed by atoms with Crippen LogP contribution in [0.3, 0.4) is 0 Å². The molecule has 0 aliphatic carbocycles. The number of hydrogen-bond donors (Lipinski definition) is 0. The standard InChI is InChI=1S/C13H16ClNO2/c1-3-15(2)13(17)9-8-12(16)10-4-6-11(14)7-5-10/h4-7H,3,8-9H2,1-2H3. The van der Waals surface area contributed by atoms with Crippen molar-refractivity contribution in [1.29, 1.82) is 0 Å². The first-order valence-corrected chi connectivity index (χ1v) is 5.95. The summed E-state index contributed by atoms with van der Waals surface area (Å²) in [5, 5.41) is 0.600. The number of amides is 1. The fourth-order valence-electron chi connectivity index (χ4n) is 1.37. The molecule has 1 rings (SSSR count). The van der Waals surface area contributed by atoms with Crippen molar-refractivity contribution in [2.45, 2.75) is 19.8 Å². The summed E-state index contributed by atoms with van der Waals surface area (Å²) in [6.07, 6.45) is 0.497. The van der Waals surface area contributed by atoms with Gasteiger partial charge in [0.1, 0.15) is 0 Å². The third-order valence-electron chi connectivity index (χ3n) is 2.63. The first kappa shape index (κ1) is 13.7. The lowest BCUT2D eigenvalue weighted by atomic mass is 10.1. The van der Waals surface area contributed by atoms with Gasteiger partial charge in [0.15, 0.2) is 5.78 Å². The molecule has 0 aliphatic rings. The summed E-state index contributed by atoms with van der Waals surface area (Å²) in [5.41, 5.74) is 0.598. The minimum atomic E-state index is -0.0282. The van der Waals surface area contributed by atoms with Crippen molar-refractivity contribution in [2.24, 2.45) is 0 Å². The highest BCUT2D eigenvalue weighted by Crippen LogP contribution is 2.12. The molecule has 1 aromatic carbocycles. The number of hydrogen-bond acceptors (Lipinski definition) is 2. The van der Waals surface area contributed by atoms with E-state index in [1.807, 2.05) is 6.92 Å². The summed E-state index contributed by atoms with van der Waals surface area (Å²) >= 11 is 5.73. The molecule has 0 bridgehead atoms. The molecule has 0 heterocycles.